The third-order valence-corrected chi connectivity index (χ3v) is 4.15. The van der Waals surface area contributed by atoms with Gasteiger partial charge < -0.3 is 5.73 Å². The summed E-state index contributed by atoms with van der Waals surface area (Å²) < 4.78 is 48.7. The Morgan fingerprint density at radius 3 is 2.53 bits per heavy atom. The van der Waals surface area contributed by atoms with E-state index in [1.807, 2.05) is 0 Å². The van der Waals surface area contributed by atoms with Gasteiger partial charge in [0.25, 0.3) is 6.43 Å². The first kappa shape index (κ1) is 15.2. The maximum atomic E-state index is 12.2. The first-order valence-electron chi connectivity index (χ1n) is 4.95. The number of hydrogen-bond acceptors (Lipinski definition) is 5. The largest absolute Gasteiger partial charge is 0.393 e. The Balaban J connectivity index is 3.37. The summed E-state index contributed by atoms with van der Waals surface area (Å²) in [7, 11) is -3.49. The van der Waals surface area contributed by atoms with Crippen molar-refractivity contribution in [3.63, 3.8) is 0 Å². The van der Waals surface area contributed by atoms with Gasteiger partial charge in [0.05, 0.1) is 11.5 Å². The molecular weight excluding hydrogens is 284 g/mol. The Kier molecular flexibility index (Phi) is 4.37. The van der Waals surface area contributed by atoms with Crippen molar-refractivity contribution in [3.8, 4) is 0 Å². The number of nitro benzene ring substituents is 1. The first-order chi connectivity index (χ1) is 8.67. The topological polar surface area (TPSA) is 107 Å². The summed E-state index contributed by atoms with van der Waals surface area (Å²) in [5.41, 5.74) is 4.18. The molecule has 1 aromatic rings. The molecule has 0 aliphatic heterocycles. The number of nitrogens with two attached hydrogens (primary N) is 1. The maximum absolute atomic E-state index is 12.2. The second-order valence-electron chi connectivity index (χ2n) is 3.63. The summed E-state index contributed by atoms with van der Waals surface area (Å²) in [6.07, 6.45) is -2.89. The Morgan fingerprint density at radius 2 is 2.05 bits per heavy atom. The molecule has 0 atom stereocenters. The van der Waals surface area contributed by atoms with E-state index in [4.69, 9.17) is 5.73 Å². The van der Waals surface area contributed by atoms with E-state index >= 15 is 0 Å². The number of alkyl halides is 2. The van der Waals surface area contributed by atoms with Crippen LogP contribution in [0.15, 0.2) is 23.1 Å². The monoisotopic (exact) mass is 295 g/mol. The lowest BCUT2D eigenvalue weighted by molar-refractivity contribution is -0.386. The van der Waals surface area contributed by atoms with Crippen LogP contribution in [0, 0.1) is 10.1 Å². The number of rotatable bonds is 5. The molecule has 0 aromatic heterocycles. The molecule has 10 heteroatoms. The number of nitro groups is 1. The number of nitrogen functional groups attached to an aromatic ring is 1. The van der Waals surface area contributed by atoms with Crippen molar-refractivity contribution in [3.05, 3.63) is 28.3 Å². The van der Waals surface area contributed by atoms with Gasteiger partial charge in [-0.3, -0.25) is 10.1 Å². The zero-order chi connectivity index (χ0) is 14.8. The maximum Gasteiger partial charge on any atom is 0.312 e. The molecule has 0 aliphatic carbocycles. The predicted molar refractivity (Wildman–Crippen MR) is 63.3 cm³/mol. The van der Waals surface area contributed by atoms with Gasteiger partial charge in [0.1, 0.15) is 5.69 Å². The normalized spacial score (nSPS) is 12.1. The molecule has 2 N–H and O–H groups in total. The third-order valence-electron chi connectivity index (χ3n) is 2.30. The average Bonchev–Trinajstić information content (AvgIpc) is 2.26. The van der Waals surface area contributed by atoms with E-state index in [9.17, 15) is 27.3 Å². The van der Waals surface area contributed by atoms with Crippen LogP contribution in [0.25, 0.3) is 0 Å². The smallest absolute Gasteiger partial charge is 0.312 e. The van der Waals surface area contributed by atoms with E-state index in [-0.39, 0.29) is 5.69 Å². The lowest BCUT2D eigenvalue weighted by atomic mass is 10.3. The van der Waals surface area contributed by atoms with E-state index < -0.39 is 38.5 Å². The Bertz CT molecular complexity index is 591. The summed E-state index contributed by atoms with van der Waals surface area (Å²) in [6, 6.07) is 3.31. The van der Waals surface area contributed by atoms with Crippen LogP contribution in [-0.4, -0.2) is 37.7 Å². The van der Waals surface area contributed by atoms with Crippen molar-refractivity contribution in [1.82, 2.24) is 4.31 Å². The average molecular weight is 295 g/mol. The number of halogens is 2. The van der Waals surface area contributed by atoms with Crippen molar-refractivity contribution in [1.29, 1.82) is 0 Å². The van der Waals surface area contributed by atoms with Crippen molar-refractivity contribution >= 4 is 21.4 Å². The zero-order valence-corrected chi connectivity index (χ0v) is 10.6. The van der Waals surface area contributed by atoms with Gasteiger partial charge in [-0.15, -0.1) is 0 Å². The minimum atomic E-state index is -4.40. The van der Waals surface area contributed by atoms with Gasteiger partial charge in [-0.25, -0.2) is 17.2 Å². The van der Waals surface area contributed by atoms with Crippen molar-refractivity contribution in [2.75, 3.05) is 19.3 Å². The molecule has 1 rings (SSSR count). The van der Waals surface area contributed by atoms with Gasteiger partial charge in [0, 0.05) is 7.05 Å². The highest BCUT2D eigenvalue weighted by atomic mass is 32.2. The van der Waals surface area contributed by atoms with Crippen LogP contribution in [-0.2, 0) is 10.0 Å². The van der Waals surface area contributed by atoms with Gasteiger partial charge in [-0.2, -0.15) is 4.31 Å². The molecule has 0 radical (unpaired) electrons. The molecule has 0 amide bonds. The molecule has 0 fully saturated rings. The van der Waals surface area contributed by atoms with E-state index in [2.05, 4.69) is 0 Å². The van der Waals surface area contributed by atoms with E-state index in [1.165, 1.54) is 6.07 Å². The molecule has 0 saturated heterocycles. The fraction of sp³-hybridized carbons (Fsp3) is 0.333. The molecule has 1 aromatic carbocycles. The SMILES string of the molecule is CN(CC(F)F)S(=O)(=O)c1cccc(N)c1[N+](=O)[O-]. The van der Waals surface area contributed by atoms with E-state index in [0.717, 1.165) is 19.2 Å². The standard InChI is InChI=1S/C9H11F2N3O4S/c1-13(5-8(10)11)19(17,18)7-4-2-3-6(12)9(7)14(15)16/h2-4,8H,5,12H2,1H3. The third kappa shape index (κ3) is 3.15. The van der Waals surface area contributed by atoms with Gasteiger partial charge >= 0.3 is 5.69 Å². The predicted octanol–water partition coefficient (Wildman–Crippen LogP) is 1.06. The Morgan fingerprint density at radius 1 is 1.47 bits per heavy atom. The lowest BCUT2D eigenvalue weighted by Crippen LogP contribution is -2.31. The van der Waals surface area contributed by atoms with E-state index in [0.29, 0.717) is 4.31 Å². The van der Waals surface area contributed by atoms with Gasteiger partial charge in [0.2, 0.25) is 10.0 Å². The molecule has 0 spiro atoms. The molecule has 0 unspecified atom stereocenters. The van der Waals surface area contributed by atoms with E-state index in [1.54, 1.807) is 0 Å². The van der Waals surface area contributed by atoms with Crippen LogP contribution in [0.3, 0.4) is 0 Å². The number of nitrogens with zero attached hydrogens (tertiary/aromatic N) is 2. The van der Waals surface area contributed by atoms with Crippen LogP contribution in [0.4, 0.5) is 20.2 Å². The summed E-state index contributed by atoms with van der Waals surface area (Å²) in [6.45, 7) is -1.06. The number of benzene rings is 1. The molecule has 0 saturated carbocycles. The molecule has 0 heterocycles. The van der Waals surface area contributed by atoms with Gasteiger partial charge in [0.15, 0.2) is 4.90 Å². The minimum absolute atomic E-state index is 0.347. The number of anilines is 1. The molecule has 0 aliphatic rings. The number of sulfonamides is 1. The molecule has 0 bridgehead atoms. The quantitative estimate of drug-likeness (QED) is 0.496. The highest BCUT2D eigenvalue weighted by molar-refractivity contribution is 7.89. The van der Waals surface area contributed by atoms with Crippen LogP contribution >= 0.6 is 0 Å². The zero-order valence-electron chi connectivity index (χ0n) is 9.79. The van der Waals surface area contributed by atoms with Gasteiger partial charge in [-0.1, -0.05) is 6.07 Å². The van der Waals surface area contributed by atoms with Crippen LogP contribution in [0.1, 0.15) is 0 Å². The Labute approximate surface area is 107 Å². The fourth-order valence-electron chi connectivity index (χ4n) is 1.40. The van der Waals surface area contributed by atoms with Crippen LogP contribution in [0.5, 0.6) is 0 Å². The Hall–Kier alpha value is -1.81. The number of hydrogen-bond donors (Lipinski definition) is 1. The minimum Gasteiger partial charge on any atom is -0.393 e. The summed E-state index contributed by atoms with van der Waals surface area (Å²) in [4.78, 5) is 9.16. The molecule has 106 valence electrons. The fourth-order valence-corrected chi connectivity index (χ4v) is 2.74. The first-order valence-corrected chi connectivity index (χ1v) is 6.39. The van der Waals surface area contributed by atoms with Crippen LogP contribution < -0.4 is 5.73 Å². The summed E-state index contributed by atoms with van der Waals surface area (Å²) in [5, 5.41) is 10.8. The lowest BCUT2D eigenvalue weighted by Gasteiger charge is -2.16. The highest BCUT2D eigenvalue weighted by Gasteiger charge is 2.32. The molecule has 7 nitrogen and oxygen atoms in total. The summed E-state index contributed by atoms with van der Waals surface area (Å²) >= 11 is 0. The summed E-state index contributed by atoms with van der Waals surface area (Å²) in [5.74, 6) is 0. The van der Waals surface area contributed by atoms with Crippen LogP contribution in [0.2, 0.25) is 0 Å². The molecular formula is C9H11F2N3O4S. The second kappa shape index (κ2) is 5.45. The van der Waals surface area contributed by atoms with Crippen molar-refractivity contribution in [2.45, 2.75) is 11.3 Å². The van der Waals surface area contributed by atoms with Crippen molar-refractivity contribution in [2.24, 2.45) is 0 Å². The molecule has 19 heavy (non-hydrogen) atoms. The number of para-hydroxylation sites is 1. The van der Waals surface area contributed by atoms with Gasteiger partial charge in [-0.05, 0) is 12.1 Å². The highest BCUT2D eigenvalue weighted by Crippen LogP contribution is 2.31. The second-order valence-corrected chi connectivity index (χ2v) is 5.64. The van der Waals surface area contributed by atoms with Crippen molar-refractivity contribution < 1.29 is 22.1 Å².